The summed E-state index contributed by atoms with van der Waals surface area (Å²) in [6.07, 6.45) is 3.96. The van der Waals surface area contributed by atoms with E-state index >= 15 is 0 Å². The molecule has 0 spiro atoms. The molecule has 0 N–H and O–H groups in total. The fraction of sp³-hybridized carbons (Fsp3) is 0.154. The van der Waals surface area contributed by atoms with Gasteiger partial charge in [-0.1, -0.05) is 0 Å². The van der Waals surface area contributed by atoms with Gasteiger partial charge in [0.05, 0.1) is 5.69 Å². The molecule has 0 aliphatic rings. The second kappa shape index (κ2) is 4.74. The topological polar surface area (TPSA) is 52.1 Å². The average molecular weight is 228 g/mol. The van der Waals surface area contributed by atoms with Crippen LogP contribution in [0.4, 0.5) is 0 Å². The second-order valence-corrected chi connectivity index (χ2v) is 3.70. The van der Waals surface area contributed by atoms with Crippen molar-refractivity contribution in [2.24, 2.45) is 0 Å². The molecule has 4 nitrogen and oxygen atoms in total. The van der Waals surface area contributed by atoms with E-state index in [2.05, 4.69) is 9.97 Å². The van der Waals surface area contributed by atoms with Crippen LogP contribution in [0.25, 0.3) is 0 Å². The Kier molecular flexibility index (Phi) is 3.14. The van der Waals surface area contributed by atoms with E-state index in [1.54, 1.807) is 18.3 Å². The van der Waals surface area contributed by atoms with E-state index in [1.807, 2.05) is 19.9 Å². The molecule has 0 aliphatic carbocycles. The van der Waals surface area contributed by atoms with E-state index in [0.29, 0.717) is 17.2 Å². The number of aldehydes is 1. The lowest BCUT2D eigenvalue weighted by molar-refractivity contribution is 0.112. The maximum atomic E-state index is 10.6. The standard InChI is InChI=1S/C13H12N2O2/c1-9-6-11(8-16)7-15-13(9)17-12-4-3-5-14-10(12)2/h3-8H,1-2H3. The summed E-state index contributed by atoms with van der Waals surface area (Å²) in [5.41, 5.74) is 2.16. The van der Waals surface area contributed by atoms with Gasteiger partial charge in [0.2, 0.25) is 5.88 Å². The van der Waals surface area contributed by atoms with Gasteiger partial charge in [0.1, 0.15) is 0 Å². The molecule has 2 aromatic rings. The molecule has 2 aromatic heterocycles. The zero-order valence-corrected chi connectivity index (χ0v) is 9.68. The van der Waals surface area contributed by atoms with Crippen LogP contribution in [0.5, 0.6) is 11.6 Å². The van der Waals surface area contributed by atoms with Crippen molar-refractivity contribution in [2.75, 3.05) is 0 Å². The molecule has 0 fully saturated rings. The Morgan fingerprint density at radius 3 is 2.76 bits per heavy atom. The lowest BCUT2D eigenvalue weighted by Crippen LogP contribution is -1.95. The van der Waals surface area contributed by atoms with E-state index in [9.17, 15) is 4.79 Å². The second-order valence-electron chi connectivity index (χ2n) is 3.70. The minimum atomic E-state index is 0.492. The highest BCUT2D eigenvalue weighted by Gasteiger charge is 2.06. The molecular weight excluding hydrogens is 216 g/mol. The minimum Gasteiger partial charge on any atom is -0.437 e. The van der Waals surface area contributed by atoms with Gasteiger partial charge in [-0.3, -0.25) is 9.78 Å². The quantitative estimate of drug-likeness (QED) is 0.758. The Morgan fingerprint density at radius 2 is 2.12 bits per heavy atom. The monoisotopic (exact) mass is 228 g/mol. The van der Waals surface area contributed by atoms with Crippen LogP contribution < -0.4 is 4.74 Å². The number of aromatic nitrogens is 2. The van der Waals surface area contributed by atoms with Gasteiger partial charge < -0.3 is 4.74 Å². The molecule has 0 saturated heterocycles. The highest BCUT2D eigenvalue weighted by Crippen LogP contribution is 2.24. The van der Waals surface area contributed by atoms with Crippen LogP contribution in [0.2, 0.25) is 0 Å². The van der Waals surface area contributed by atoms with E-state index in [0.717, 1.165) is 17.5 Å². The highest BCUT2D eigenvalue weighted by atomic mass is 16.5. The zero-order chi connectivity index (χ0) is 12.3. The fourth-order valence-electron chi connectivity index (χ4n) is 1.44. The van der Waals surface area contributed by atoms with E-state index in [1.165, 1.54) is 6.20 Å². The summed E-state index contributed by atoms with van der Waals surface area (Å²) in [7, 11) is 0. The number of nitrogens with zero attached hydrogens (tertiary/aromatic N) is 2. The van der Waals surface area contributed by atoms with E-state index < -0.39 is 0 Å². The van der Waals surface area contributed by atoms with Crippen LogP contribution in [0, 0.1) is 13.8 Å². The molecule has 2 rings (SSSR count). The van der Waals surface area contributed by atoms with Gasteiger partial charge in [-0.2, -0.15) is 0 Å². The van der Waals surface area contributed by atoms with Gasteiger partial charge in [-0.25, -0.2) is 4.98 Å². The Morgan fingerprint density at radius 1 is 1.29 bits per heavy atom. The SMILES string of the molecule is Cc1cc(C=O)cnc1Oc1cccnc1C. The Bertz CT molecular complexity index is 553. The number of hydrogen-bond donors (Lipinski definition) is 0. The molecule has 86 valence electrons. The summed E-state index contributed by atoms with van der Waals surface area (Å²) < 4.78 is 5.65. The zero-order valence-electron chi connectivity index (χ0n) is 9.68. The number of hydrogen-bond acceptors (Lipinski definition) is 4. The Labute approximate surface area is 99.3 Å². The van der Waals surface area contributed by atoms with Gasteiger partial charge in [0.25, 0.3) is 0 Å². The lowest BCUT2D eigenvalue weighted by Gasteiger charge is -2.08. The molecule has 0 unspecified atom stereocenters. The van der Waals surface area contributed by atoms with Gasteiger partial charge in [0, 0.05) is 23.5 Å². The number of pyridine rings is 2. The van der Waals surface area contributed by atoms with Crippen LogP contribution in [0.1, 0.15) is 21.6 Å². The first kappa shape index (κ1) is 11.3. The predicted octanol–water partition coefficient (Wildman–Crippen LogP) is 2.70. The molecule has 0 aromatic carbocycles. The third-order valence-electron chi connectivity index (χ3n) is 2.35. The molecule has 0 amide bonds. The van der Waals surface area contributed by atoms with Crippen molar-refractivity contribution in [3.8, 4) is 11.6 Å². The summed E-state index contributed by atoms with van der Waals surface area (Å²) in [5, 5.41) is 0. The van der Waals surface area contributed by atoms with Crippen LogP contribution in [-0.4, -0.2) is 16.3 Å². The van der Waals surface area contributed by atoms with Crippen LogP contribution in [-0.2, 0) is 0 Å². The highest BCUT2D eigenvalue weighted by molar-refractivity contribution is 5.74. The number of rotatable bonds is 3. The molecule has 0 bridgehead atoms. The molecule has 0 radical (unpaired) electrons. The molecule has 4 heteroatoms. The van der Waals surface area contributed by atoms with Crippen molar-refractivity contribution < 1.29 is 9.53 Å². The first-order chi connectivity index (χ1) is 8.20. The van der Waals surface area contributed by atoms with Crippen molar-refractivity contribution in [1.29, 1.82) is 0 Å². The third kappa shape index (κ3) is 2.47. The Balaban J connectivity index is 2.31. The minimum absolute atomic E-state index is 0.492. The Hall–Kier alpha value is -2.23. The summed E-state index contributed by atoms with van der Waals surface area (Å²) >= 11 is 0. The van der Waals surface area contributed by atoms with E-state index in [-0.39, 0.29) is 0 Å². The molecule has 2 heterocycles. The van der Waals surface area contributed by atoms with Crippen LogP contribution in [0.15, 0.2) is 30.6 Å². The van der Waals surface area contributed by atoms with Crippen molar-refractivity contribution in [3.05, 3.63) is 47.4 Å². The summed E-state index contributed by atoms with van der Waals surface area (Å²) in [6.45, 7) is 3.71. The predicted molar refractivity (Wildman–Crippen MR) is 63.4 cm³/mol. The molecule has 0 saturated carbocycles. The molecule has 17 heavy (non-hydrogen) atoms. The largest absolute Gasteiger partial charge is 0.437 e. The van der Waals surface area contributed by atoms with Crippen molar-refractivity contribution >= 4 is 6.29 Å². The van der Waals surface area contributed by atoms with Gasteiger partial charge >= 0.3 is 0 Å². The smallest absolute Gasteiger partial charge is 0.222 e. The van der Waals surface area contributed by atoms with Gasteiger partial charge in [-0.15, -0.1) is 0 Å². The van der Waals surface area contributed by atoms with Crippen LogP contribution in [0.3, 0.4) is 0 Å². The van der Waals surface area contributed by atoms with Crippen molar-refractivity contribution in [1.82, 2.24) is 9.97 Å². The first-order valence-electron chi connectivity index (χ1n) is 5.22. The van der Waals surface area contributed by atoms with Crippen molar-refractivity contribution in [2.45, 2.75) is 13.8 Å². The third-order valence-corrected chi connectivity index (χ3v) is 2.35. The van der Waals surface area contributed by atoms with Crippen LogP contribution >= 0.6 is 0 Å². The number of carbonyl (C=O) groups excluding carboxylic acids is 1. The average Bonchev–Trinajstić information content (AvgIpc) is 2.34. The first-order valence-corrected chi connectivity index (χ1v) is 5.22. The maximum absolute atomic E-state index is 10.6. The summed E-state index contributed by atoms with van der Waals surface area (Å²) in [6, 6.07) is 5.37. The fourth-order valence-corrected chi connectivity index (χ4v) is 1.44. The summed E-state index contributed by atoms with van der Waals surface area (Å²) in [5.74, 6) is 1.16. The normalized spacial score (nSPS) is 10.0. The summed E-state index contributed by atoms with van der Waals surface area (Å²) in [4.78, 5) is 18.8. The van der Waals surface area contributed by atoms with Crippen molar-refractivity contribution in [3.63, 3.8) is 0 Å². The van der Waals surface area contributed by atoms with Gasteiger partial charge in [0.15, 0.2) is 12.0 Å². The lowest BCUT2D eigenvalue weighted by atomic mass is 10.2. The maximum Gasteiger partial charge on any atom is 0.222 e. The number of ether oxygens (including phenoxy) is 1. The molecular formula is C13H12N2O2. The molecule has 0 atom stereocenters. The van der Waals surface area contributed by atoms with E-state index in [4.69, 9.17) is 4.74 Å². The molecule has 0 aliphatic heterocycles. The number of carbonyl (C=O) groups is 1. The van der Waals surface area contributed by atoms with Gasteiger partial charge in [-0.05, 0) is 32.0 Å². The number of aryl methyl sites for hydroxylation is 2.